The second-order valence-electron chi connectivity index (χ2n) is 7.60. The van der Waals surface area contributed by atoms with Crippen molar-refractivity contribution in [1.82, 2.24) is 10.6 Å². The van der Waals surface area contributed by atoms with E-state index < -0.39 is 11.8 Å². The molecule has 0 spiro atoms. The summed E-state index contributed by atoms with van der Waals surface area (Å²) < 4.78 is 16.3. The third-order valence-electron chi connectivity index (χ3n) is 4.87. The van der Waals surface area contributed by atoms with Crippen LogP contribution in [0.3, 0.4) is 0 Å². The average Bonchev–Trinajstić information content (AvgIpc) is 3.36. The van der Waals surface area contributed by atoms with Crippen LogP contribution in [-0.2, 0) is 4.79 Å². The number of amides is 2. The first kappa shape index (κ1) is 24.9. The summed E-state index contributed by atoms with van der Waals surface area (Å²) in [5.41, 5.74) is 1.60. The summed E-state index contributed by atoms with van der Waals surface area (Å²) in [5, 5.41) is 7.51. The van der Waals surface area contributed by atoms with Gasteiger partial charge in [-0.05, 0) is 61.7 Å². The number of hydrogen-bond acceptors (Lipinski definition) is 6. The highest BCUT2D eigenvalue weighted by atomic mass is 32.1. The molecule has 7 nitrogen and oxygen atoms in total. The minimum Gasteiger partial charge on any atom is -0.493 e. The monoisotopic (exact) mass is 480 g/mol. The lowest BCUT2D eigenvalue weighted by molar-refractivity contribution is -0.118. The van der Waals surface area contributed by atoms with E-state index in [9.17, 15) is 9.59 Å². The van der Waals surface area contributed by atoms with Gasteiger partial charge in [0.05, 0.1) is 20.3 Å². The van der Waals surface area contributed by atoms with Gasteiger partial charge in [-0.25, -0.2) is 0 Å². The first-order chi connectivity index (χ1) is 16.4. The van der Waals surface area contributed by atoms with Gasteiger partial charge in [0.1, 0.15) is 18.1 Å². The normalized spacial score (nSPS) is 11.9. The third kappa shape index (κ3) is 6.86. The molecule has 0 fully saturated rings. The van der Waals surface area contributed by atoms with E-state index in [1.54, 1.807) is 24.3 Å². The Bertz CT molecular complexity index is 1140. The number of hydrogen-bond donors (Lipinski definition) is 2. The maximum atomic E-state index is 13.0. The summed E-state index contributed by atoms with van der Waals surface area (Å²) in [7, 11) is 3.02. The van der Waals surface area contributed by atoms with Gasteiger partial charge in [-0.1, -0.05) is 23.8 Å². The molecule has 8 heteroatoms. The largest absolute Gasteiger partial charge is 0.493 e. The van der Waals surface area contributed by atoms with Crippen LogP contribution in [0.2, 0.25) is 0 Å². The van der Waals surface area contributed by atoms with E-state index in [4.69, 9.17) is 14.2 Å². The van der Waals surface area contributed by atoms with Gasteiger partial charge in [0.25, 0.3) is 11.8 Å². The minimum atomic E-state index is -0.442. The summed E-state index contributed by atoms with van der Waals surface area (Å²) in [6.45, 7) is 4.13. The first-order valence-corrected chi connectivity index (χ1v) is 11.6. The van der Waals surface area contributed by atoms with E-state index in [1.165, 1.54) is 25.6 Å². The van der Waals surface area contributed by atoms with Crippen molar-refractivity contribution in [1.29, 1.82) is 0 Å². The number of carbonyl (C=O) groups excluding carboxylic acids is 2. The Morgan fingerprint density at radius 2 is 1.76 bits per heavy atom. The van der Waals surface area contributed by atoms with E-state index in [-0.39, 0.29) is 18.3 Å². The van der Waals surface area contributed by atoms with Gasteiger partial charge in [0.2, 0.25) is 0 Å². The van der Waals surface area contributed by atoms with Crippen LogP contribution in [0.1, 0.15) is 27.7 Å². The quantitative estimate of drug-likeness (QED) is 0.420. The molecule has 178 valence electrons. The van der Waals surface area contributed by atoms with E-state index in [1.807, 2.05) is 55.6 Å². The van der Waals surface area contributed by atoms with Gasteiger partial charge in [0.15, 0.2) is 11.5 Å². The molecule has 1 atom stereocenters. The average molecular weight is 481 g/mol. The van der Waals surface area contributed by atoms with Crippen LogP contribution in [0.5, 0.6) is 17.2 Å². The first-order valence-electron chi connectivity index (χ1n) is 10.7. The fourth-order valence-electron chi connectivity index (χ4n) is 3.04. The molecule has 0 radical (unpaired) electrons. The van der Waals surface area contributed by atoms with E-state index in [0.717, 1.165) is 16.2 Å². The van der Waals surface area contributed by atoms with E-state index >= 15 is 0 Å². The van der Waals surface area contributed by atoms with Crippen LogP contribution in [0.25, 0.3) is 6.08 Å². The molecule has 2 aromatic carbocycles. The SMILES string of the molecule is COc1ccc(C(=O)N/C(=C\c2cccs2)C(=O)N[C@H](C)COc2ccc(C)cc2)cc1OC. The Hall–Kier alpha value is -3.78. The van der Waals surface area contributed by atoms with Crippen molar-refractivity contribution >= 4 is 29.2 Å². The fraction of sp³-hybridized carbons (Fsp3) is 0.231. The van der Waals surface area contributed by atoms with Crippen LogP contribution in [-0.4, -0.2) is 38.7 Å². The highest BCUT2D eigenvalue weighted by Gasteiger charge is 2.18. The predicted molar refractivity (Wildman–Crippen MR) is 134 cm³/mol. The van der Waals surface area contributed by atoms with Crippen LogP contribution in [0, 0.1) is 6.92 Å². The number of aryl methyl sites for hydroxylation is 1. The van der Waals surface area contributed by atoms with Crippen molar-refractivity contribution in [2.45, 2.75) is 19.9 Å². The number of thiophene rings is 1. The van der Waals surface area contributed by atoms with Crippen molar-refractivity contribution in [2.75, 3.05) is 20.8 Å². The minimum absolute atomic E-state index is 0.129. The summed E-state index contributed by atoms with van der Waals surface area (Å²) >= 11 is 1.46. The second kappa shape index (κ2) is 11.9. The molecule has 2 N–H and O–H groups in total. The molecule has 0 bridgehead atoms. The molecular formula is C26H28N2O5S. The summed E-state index contributed by atoms with van der Waals surface area (Å²) in [6, 6.07) is 15.9. The Morgan fingerprint density at radius 1 is 1.03 bits per heavy atom. The topological polar surface area (TPSA) is 85.9 Å². The van der Waals surface area contributed by atoms with Gasteiger partial charge in [-0.15, -0.1) is 11.3 Å². The van der Waals surface area contributed by atoms with Crippen LogP contribution in [0.15, 0.2) is 65.7 Å². The molecule has 34 heavy (non-hydrogen) atoms. The summed E-state index contributed by atoms with van der Waals surface area (Å²) in [5.74, 6) is 0.798. The van der Waals surface area contributed by atoms with Crippen LogP contribution >= 0.6 is 11.3 Å². The van der Waals surface area contributed by atoms with E-state index in [0.29, 0.717) is 17.1 Å². The number of nitrogens with one attached hydrogen (secondary N) is 2. The van der Waals surface area contributed by atoms with Crippen molar-refractivity contribution in [3.05, 3.63) is 81.7 Å². The number of ether oxygens (including phenoxy) is 3. The van der Waals surface area contributed by atoms with Gasteiger partial charge < -0.3 is 24.8 Å². The highest BCUT2D eigenvalue weighted by Crippen LogP contribution is 2.27. The summed E-state index contributed by atoms with van der Waals surface area (Å²) in [4.78, 5) is 26.8. The lowest BCUT2D eigenvalue weighted by Crippen LogP contribution is -2.41. The second-order valence-corrected chi connectivity index (χ2v) is 8.58. The number of methoxy groups -OCH3 is 2. The van der Waals surface area contributed by atoms with Gasteiger partial charge in [-0.3, -0.25) is 9.59 Å². The molecular weight excluding hydrogens is 452 g/mol. The molecule has 0 aliphatic carbocycles. The fourth-order valence-corrected chi connectivity index (χ4v) is 3.70. The lowest BCUT2D eigenvalue weighted by atomic mass is 10.1. The maximum Gasteiger partial charge on any atom is 0.268 e. The lowest BCUT2D eigenvalue weighted by Gasteiger charge is -2.17. The molecule has 0 saturated heterocycles. The standard InChI is InChI=1S/C26H28N2O5S/c1-17-7-10-20(11-8-17)33-16-18(2)27-26(30)22(15-21-6-5-13-34-21)28-25(29)19-9-12-23(31-3)24(14-19)32-4/h5-15,18H,16H2,1-4H3,(H,27,30)(H,28,29)/b22-15-/t18-/m1/s1. The van der Waals surface area contributed by atoms with E-state index in [2.05, 4.69) is 10.6 Å². The van der Waals surface area contributed by atoms with Crippen molar-refractivity contribution in [3.63, 3.8) is 0 Å². The van der Waals surface area contributed by atoms with Crippen LogP contribution < -0.4 is 24.8 Å². The van der Waals surface area contributed by atoms with Crippen LogP contribution in [0.4, 0.5) is 0 Å². The predicted octanol–water partition coefficient (Wildman–Crippen LogP) is 4.43. The maximum absolute atomic E-state index is 13.0. The third-order valence-corrected chi connectivity index (χ3v) is 5.69. The molecule has 3 rings (SSSR count). The molecule has 1 heterocycles. The van der Waals surface area contributed by atoms with Crippen molar-refractivity contribution < 1.29 is 23.8 Å². The van der Waals surface area contributed by atoms with Gasteiger partial charge in [0, 0.05) is 10.4 Å². The Morgan fingerprint density at radius 3 is 2.41 bits per heavy atom. The molecule has 0 aliphatic heterocycles. The van der Waals surface area contributed by atoms with Crippen molar-refractivity contribution in [2.24, 2.45) is 0 Å². The highest BCUT2D eigenvalue weighted by molar-refractivity contribution is 7.10. The Kier molecular flexibility index (Phi) is 8.70. The number of carbonyl (C=O) groups is 2. The smallest absolute Gasteiger partial charge is 0.268 e. The molecule has 0 aliphatic rings. The van der Waals surface area contributed by atoms with Crippen molar-refractivity contribution in [3.8, 4) is 17.2 Å². The van der Waals surface area contributed by atoms with Gasteiger partial charge in [-0.2, -0.15) is 0 Å². The number of benzene rings is 2. The molecule has 0 saturated carbocycles. The molecule has 2 amide bonds. The Balaban J connectivity index is 1.71. The Labute approximate surface area is 203 Å². The van der Waals surface area contributed by atoms with Gasteiger partial charge >= 0.3 is 0 Å². The number of rotatable bonds is 10. The summed E-state index contributed by atoms with van der Waals surface area (Å²) in [6.07, 6.45) is 1.65. The zero-order valence-corrected chi connectivity index (χ0v) is 20.4. The zero-order chi connectivity index (χ0) is 24.5. The zero-order valence-electron chi connectivity index (χ0n) is 19.6. The molecule has 0 unspecified atom stereocenters. The molecule has 1 aromatic heterocycles. The molecule has 3 aromatic rings.